The Morgan fingerprint density at radius 2 is 1.81 bits per heavy atom. The predicted octanol–water partition coefficient (Wildman–Crippen LogP) is 6.85. The second-order valence-electron chi connectivity index (χ2n) is 17.5. The zero-order chi connectivity index (χ0) is 42.4. The van der Waals surface area contributed by atoms with Crippen molar-refractivity contribution in [3.8, 4) is 11.6 Å². The third-order valence-electron chi connectivity index (χ3n) is 12.5. The number of aromatic nitrogens is 1. The van der Waals surface area contributed by atoms with E-state index in [0.29, 0.717) is 49.8 Å². The van der Waals surface area contributed by atoms with Crippen LogP contribution in [0.2, 0.25) is 0 Å². The van der Waals surface area contributed by atoms with E-state index in [1.165, 1.54) is 4.90 Å². The van der Waals surface area contributed by atoms with Crippen LogP contribution in [0.25, 0.3) is 10.8 Å². The van der Waals surface area contributed by atoms with E-state index in [9.17, 15) is 40.8 Å². The highest BCUT2D eigenvalue weighted by atomic mass is 32.2. The minimum atomic E-state index is -4.86. The third-order valence-corrected chi connectivity index (χ3v) is 14.7. The Hall–Kier alpha value is -4.21. The van der Waals surface area contributed by atoms with Crippen molar-refractivity contribution in [1.29, 1.82) is 0 Å². The number of Topliss-reactive ketones (excluding diaryl/α,β-unsaturated/α-hetero) is 1. The normalized spacial score (nSPS) is 29.6. The molecule has 2 amide bonds. The summed E-state index contributed by atoms with van der Waals surface area (Å²) >= 11 is 0. The quantitative estimate of drug-likeness (QED) is 0.198. The first kappa shape index (κ1) is 43.4. The molecule has 2 aromatic rings. The fourth-order valence-electron chi connectivity index (χ4n) is 8.29. The summed E-state index contributed by atoms with van der Waals surface area (Å²) in [6.45, 7) is 9.00. The van der Waals surface area contributed by atoms with Gasteiger partial charge in [0.25, 0.3) is 0 Å². The van der Waals surface area contributed by atoms with Gasteiger partial charge in [0.2, 0.25) is 33.3 Å². The first-order chi connectivity index (χ1) is 27.1. The number of benzene rings is 1. The Kier molecular flexibility index (Phi) is 12.0. The predicted molar refractivity (Wildman–Crippen MR) is 208 cm³/mol. The number of carbonyl (C=O) groups excluding carboxylic acids is 4. The van der Waals surface area contributed by atoms with Crippen LogP contribution in [-0.2, 0) is 33.9 Å². The van der Waals surface area contributed by atoms with Gasteiger partial charge in [-0.15, -0.1) is 0 Å². The van der Waals surface area contributed by atoms with Gasteiger partial charge in [-0.3, -0.25) is 23.9 Å². The van der Waals surface area contributed by atoms with Crippen LogP contribution in [0.1, 0.15) is 99.3 Å². The van der Waals surface area contributed by atoms with Gasteiger partial charge < -0.3 is 19.1 Å². The molecular weight excluding hydrogens is 780 g/mol. The van der Waals surface area contributed by atoms with Gasteiger partial charge in [0.05, 0.1) is 41.7 Å². The van der Waals surface area contributed by atoms with E-state index in [0.717, 1.165) is 19.2 Å². The molecule has 4 aliphatic rings. The molecule has 1 aromatic heterocycles. The molecule has 0 bridgehead atoms. The molecule has 0 unspecified atom stereocenters. The van der Waals surface area contributed by atoms with E-state index in [2.05, 4.69) is 9.71 Å². The summed E-state index contributed by atoms with van der Waals surface area (Å²) in [6.07, 6.45) is 1.39. The third kappa shape index (κ3) is 9.01. The Morgan fingerprint density at radius 3 is 2.48 bits per heavy atom. The molecule has 0 spiro atoms. The summed E-state index contributed by atoms with van der Waals surface area (Å²) in [5.41, 5.74) is -4.18. The van der Waals surface area contributed by atoms with Crippen LogP contribution in [0.15, 0.2) is 42.6 Å². The van der Waals surface area contributed by atoms with Crippen molar-refractivity contribution < 1.29 is 55.0 Å². The number of pyridine rings is 1. The summed E-state index contributed by atoms with van der Waals surface area (Å²) in [4.78, 5) is 62.4. The van der Waals surface area contributed by atoms with Gasteiger partial charge in [-0.25, -0.2) is 13.4 Å². The molecule has 1 saturated heterocycles. The van der Waals surface area contributed by atoms with E-state index in [4.69, 9.17) is 14.2 Å². The Labute approximate surface area is 337 Å². The largest absolute Gasteiger partial charge is 0.494 e. The number of hydrogen-bond acceptors (Lipinski definition) is 10. The molecule has 16 heteroatoms. The maximum Gasteiger partial charge on any atom is 0.427 e. The number of carbonyl (C=O) groups is 4. The molecule has 0 radical (unpaired) electrons. The van der Waals surface area contributed by atoms with Crippen LogP contribution in [0.5, 0.6) is 11.6 Å². The van der Waals surface area contributed by atoms with Crippen LogP contribution in [0, 0.1) is 29.1 Å². The van der Waals surface area contributed by atoms with Crippen molar-refractivity contribution in [2.24, 2.45) is 29.1 Å². The minimum Gasteiger partial charge on any atom is -0.494 e. The SMILES string of the molecule is CCOc1ccc2c(O[C@@H]3C[C@H]4C(=O)C[C@]5(C(=O)NS(=O)(=O)C6(C)CC6)C[C@H]5/C=C\CC[C@@H](C)C[C@@H](C)[C@H](CC(=O)OC(C)(C)C(F)(F)F)C(=O)N4C3)nccc2c1. The summed E-state index contributed by atoms with van der Waals surface area (Å²) in [5.74, 6) is -4.27. The molecule has 3 fully saturated rings. The molecule has 1 N–H and O–H groups in total. The number of nitrogens with one attached hydrogen (secondary N) is 1. The minimum absolute atomic E-state index is 0.0166. The molecule has 3 heterocycles. The average Bonchev–Trinajstić information content (AvgIpc) is 4.01. The number of sulfonamides is 1. The summed E-state index contributed by atoms with van der Waals surface area (Å²) in [6, 6.07) is 6.02. The fraction of sp³-hybridized carbons (Fsp3) is 0.643. The van der Waals surface area contributed by atoms with Crippen molar-refractivity contribution in [2.45, 2.75) is 128 Å². The number of ketones is 1. The van der Waals surface area contributed by atoms with E-state index < -0.39 is 91.8 Å². The lowest BCUT2D eigenvalue weighted by atomic mass is 9.82. The van der Waals surface area contributed by atoms with Gasteiger partial charge in [-0.2, -0.15) is 13.2 Å². The number of allylic oxidation sites excluding steroid dienone is 2. The second-order valence-corrected chi connectivity index (χ2v) is 19.7. The smallest absolute Gasteiger partial charge is 0.427 e. The molecule has 12 nitrogen and oxygen atoms in total. The summed E-state index contributed by atoms with van der Waals surface area (Å²) in [5, 5.41) is 1.42. The molecule has 1 aromatic carbocycles. The fourth-order valence-corrected chi connectivity index (χ4v) is 9.62. The number of fused-ring (bicyclic) bond motifs is 3. The highest BCUT2D eigenvalue weighted by molar-refractivity contribution is 7.91. The number of hydrogen-bond donors (Lipinski definition) is 1. The van der Waals surface area contributed by atoms with Gasteiger partial charge in [0.1, 0.15) is 11.9 Å². The van der Waals surface area contributed by atoms with Gasteiger partial charge in [-0.05, 0) is 114 Å². The number of nitrogens with zero attached hydrogens (tertiary/aromatic N) is 2. The average molecular weight is 834 g/mol. The van der Waals surface area contributed by atoms with E-state index in [-0.39, 0.29) is 37.6 Å². The van der Waals surface area contributed by atoms with Gasteiger partial charge in [0, 0.05) is 24.4 Å². The van der Waals surface area contributed by atoms with Crippen LogP contribution in [-0.4, -0.2) is 83.7 Å². The zero-order valence-electron chi connectivity index (χ0n) is 33.9. The van der Waals surface area contributed by atoms with E-state index in [1.807, 2.05) is 32.1 Å². The van der Waals surface area contributed by atoms with Crippen molar-refractivity contribution >= 4 is 44.4 Å². The molecular formula is C42H54F3N3O9S. The van der Waals surface area contributed by atoms with Crippen molar-refractivity contribution in [3.63, 3.8) is 0 Å². The highest BCUT2D eigenvalue weighted by Gasteiger charge is 2.63. The van der Waals surface area contributed by atoms with Crippen molar-refractivity contribution in [2.75, 3.05) is 13.2 Å². The summed E-state index contributed by atoms with van der Waals surface area (Å²) < 4.78 is 85.9. The zero-order valence-corrected chi connectivity index (χ0v) is 34.7. The van der Waals surface area contributed by atoms with Crippen LogP contribution < -0.4 is 14.2 Å². The number of rotatable bonds is 10. The first-order valence-corrected chi connectivity index (χ1v) is 21.6. The van der Waals surface area contributed by atoms with Crippen molar-refractivity contribution in [1.82, 2.24) is 14.6 Å². The maximum absolute atomic E-state index is 14.8. The lowest BCUT2D eigenvalue weighted by molar-refractivity contribution is -0.257. The number of ether oxygens (including phenoxy) is 3. The van der Waals surface area contributed by atoms with E-state index in [1.54, 1.807) is 38.2 Å². The molecule has 2 aliphatic carbocycles. The number of alkyl halides is 3. The topological polar surface area (TPSA) is 158 Å². The monoisotopic (exact) mass is 833 g/mol. The van der Waals surface area contributed by atoms with Crippen LogP contribution >= 0.6 is 0 Å². The molecule has 7 atom stereocenters. The van der Waals surface area contributed by atoms with E-state index >= 15 is 0 Å². The molecule has 318 valence electrons. The number of amides is 2. The molecule has 2 aliphatic heterocycles. The Bertz CT molecular complexity index is 2070. The molecule has 58 heavy (non-hydrogen) atoms. The standard InChI is InChI=1S/C42H54F3N3O9S/c1-7-55-29-12-13-31-27(19-29)14-17-46-36(31)56-30-20-33-34(49)23-41(38(52)47-58(53,54)40(6)15-16-40)22-28(41)11-9-8-10-25(2)18-26(3)32(37(51)48(33)24-30)21-35(50)57-39(4,5)42(43,44)45/h9,11-14,17,19,25-26,28,30,32-33H,7-8,10,15-16,18,20-24H2,1-6H3,(H,47,52)/b11-9-/t25-,26-,28-,30-,32+,33+,41-/m1/s1. The summed E-state index contributed by atoms with van der Waals surface area (Å²) in [7, 11) is -4.03. The molecule has 6 rings (SSSR count). The lowest BCUT2D eigenvalue weighted by Gasteiger charge is -2.33. The van der Waals surface area contributed by atoms with Crippen LogP contribution in [0.3, 0.4) is 0 Å². The lowest BCUT2D eigenvalue weighted by Crippen LogP contribution is -2.48. The van der Waals surface area contributed by atoms with Gasteiger partial charge in [0.15, 0.2) is 5.78 Å². The van der Waals surface area contributed by atoms with Gasteiger partial charge >= 0.3 is 12.1 Å². The highest BCUT2D eigenvalue weighted by Crippen LogP contribution is 2.58. The first-order valence-electron chi connectivity index (χ1n) is 20.1. The molecule has 2 saturated carbocycles. The Balaban J connectivity index is 1.35. The van der Waals surface area contributed by atoms with Gasteiger partial charge in [-0.1, -0.05) is 26.0 Å². The van der Waals surface area contributed by atoms with Crippen molar-refractivity contribution in [3.05, 3.63) is 42.6 Å². The Morgan fingerprint density at radius 1 is 1.09 bits per heavy atom. The second kappa shape index (κ2) is 16.1. The van der Waals surface area contributed by atoms with Crippen LogP contribution in [0.4, 0.5) is 13.2 Å². The number of halogens is 3. The number of esters is 1. The maximum atomic E-state index is 14.8.